The van der Waals surface area contributed by atoms with E-state index in [1.54, 1.807) is 6.20 Å². The van der Waals surface area contributed by atoms with Crippen LogP contribution in [0.25, 0.3) is 0 Å². The van der Waals surface area contributed by atoms with Crippen LogP contribution < -0.4 is 10.6 Å². The Morgan fingerprint density at radius 2 is 2.31 bits per heavy atom. The molecule has 1 aliphatic rings. The molecule has 1 fully saturated rings. The van der Waals surface area contributed by atoms with Crippen molar-refractivity contribution in [3.63, 3.8) is 0 Å². The molecule has 84 valence electrons. The Labute approximate surface area is 94.0 Å². The van der Waals surface area contributed by atoms with E-state index in [1.807, 2.05) is 26.0 Å². The zero-order valence-electron chi connectivity index (χ0n) is 9.32. The van der Waals surface area contributed by atoms with Gasteiger partial charge in [0.25, 0.3) is 5.91 Å². The number of carbonyl (C=O) groups is 1. The summed E-state index contributed by atoms with van der Waals surface area (Å²) in [5.74, 6) is 0.455. The Hall–Kier alpha value is -1.91. The fourth-order valence-electron chi connectivity index (χ4n) is 1.56. The van der Waals surface area contributed by atoms with Crippen LogP contribution in [0.5, 0.6) is 0 Å². The molecule has 0 spiro atoms. The molecule has 0 aromatic carbocycles. The van der Waals surface area contributed by atoms with Crippen molar-refractivity contribution < 1.29 is 4.79 Å². The zero-order valence-corrected chi connectivity index (χ0v) is 9.32. The summed E-state index contributed by atoms with van der Waals surface area (Å²) in [6, 6.07) is 3.41. The Kier molecular flexibility index (Phi) is 2.85. The van der Waals surface area contributed by atoms with Gasteiger partial charge in [-0.25, -0.2) is 0 Å². The Balaban J connectivity index is 2.20. The van der Waals surface area contributed by atoms with Gasteiger partial charge in [-0.1, -0.05) is 6.07 Å². The van der Waals surface area contributed by atoms with Gasteiger partial charge in [-0.15, -0.1) is 0 Å². The number of nitrogens with zero attached hydrogens (tertiary/aromatic N) is 2. The molecule has 5 heteroatoms. The summed E-state index contributed by atoms with van der Waals surface area (Å²) in [7, 11) is 0. The van der Waals surface area contributed by atoms with E-state index >= 15 is 0 Å². The van der Waals surface area contributed by atoms with Crippen LogP contribution in [0.4, 0.5) is 0 Å². The number of aryl methyl sites for hydroxylation is 1. The highest BCUT2D eigenvalue weighted by Crippen LogP contribution is 2.15. The van der Waals surface area contributed by atoms with Crippen LogP contribution in [0.3, 0.4) is 0 Å². The van der Waals surface area contributed by atoms with E-state index in [0.717, 1.165) is 11.3 Å². The number of aliphatic imine (C=N–C) groups is 1. The lowest BCUT2D eigenvalue weighted by molar-refractivity contribution is -0.120. The summed E-state index contributed by atoms with van der Waals surface area (Å²) >= 11 is 0. The first-order chi connectivity index (χ1) is 7.70. The average molecular weight is 218 g/mol. The molecule has 2 rings (SSSR count). The first-order valence-electron chi connectivity index (χ1n) is 5.25. The molecule has 2 heterocycles. The molecule has 1 aliphatic heterocycles. The number of pyridine rings is 1. The minimum absolute atomic E-state index is 0.0853. The highest BCUT2D eigenvalue weighted by molar-refractivity contribution is 6.06. The van der Waals surface area contributed by atoms with Crippen LogP contribution in [-0.2, 0) is 4.79 Å². The minimum atomic E-state index is -0.376. The van der Waals surface area contributed by atoms with Crippen LogP contribution in [0.1, 0.15) is 24.2 Å². The van der Waals surface area contributed by atoms with E-state index < -0.39 is 0 Å². The number of aromatic nitrogens is 1. The largest absolute Gasteiger partial charge is 0.340 e. The number of guanidine groups is 1. The van der Waals surface area contributed by atoms with Gasteiger partial charge >= 0.3 is 0 Å². The molecular weight excluding hydrogens is 204 g/mol. The maximum Gasteiger partial charge on any atom is 0.253 e. The summed E-state index contributed by atoms with van der Waals surface area (Å²) in [4.78, 5) is 20.0. The molecule has 1 atom stereocenters. The molecule has 1 unspecified atom stereocenters. The molecule has 16 heavy (non-hydrogen) atoms. The van der Waals surface area contributed by atoms with Crippen LogP contribution in [0.2, 0.25) is 0 Å². The molecule has 1 saturated heterocycles. The van der Waals surface area contributed by atoms with Crippen molar-refractivity contribution in [1.29, 1.82) is 0 Å². The second-order valence-electron chi connectivity index (χ2n) is 3.62. The van der Waals surface area contributed by atoms with Gasteiger partial charge in [0, 0.05) is 24.0 Å². The predicted octanol–water partition coefficient (Wildman–Crippen LogP) is 0.526. The maximum absolute atomic E-state index is 11.7. The SMILES string of the molecule is CCN=C1NC(=O)C(c2ccc(C)nc2)N1. The lowest BCUT2D eigenvalue weighted by Gasteiger charge is -2.07. The molecule has 1 aromatic heterocycles. The second kappa shape index (κ2) is 4.30. The van der Waals surface area contributed by atoms with Crippen LogP contribution in [0.15, 0.2) is 23.3 Å². The number of hydrogen-bond donors (Lipinski definition) is 2. The summed E-state index contributed by atoms with van der Waals surface area (Å²) in [5, 5.41) is 5.72. The van der Waals surface area contributed by atoms with E-state index in [4.69, 9.17) is 0 Å². The molecule has 2 N–H and O–H groups in total. The van der Waals surface area contributed by atoms with E-state index in [0.29, 0.717) is 12.5 Å². The maximum atomic E-state index is 11.7. The Morgan fingerprint density at radius 1 is 1.50 bits per heavy atom. The predicted molar refractivity (Wildman–Crippen MR) is 61.0 cm³/mol. The first kappa shape index (κ1) is 10.6. The summed E-state index contributed by atoms with van der Waals surface area (Å²) in [6.45, 7) is 4.47. The van der Waals surface area contributed by atoms with Gasteiger partial charge < -0.3 is 5.32 Å². The molecule has 1 aromatic rings. The monoisotopic (exact) mass is 218 g/mol. The number of nitrogens with one attached hydrogen (secondary N) is 2. The molecule has 5 nitrogen and oxygen atoms in total. The van der Waals surface area contributed by atoms with Gasteiger partial charge in [-0.3, -0.25) is 20.1 Å². The van der Waals surface area contributed by atoms with Crippen LogP contribution in [0, 0.1) is 6.92 Å². The summed E-state index contributed by atoms with van der Waals surface area (Å²) in [5.41, 5.74) is 1.79. The van der Waals surface area contributed by atoms with Gasteiger partial charge in [0.15, 0.2) is 5.96 Å². The highest BCUT2D eigenvalue weighted by Gasteiger charge is 2.29. The van der Waals surface area contributed by atoms with Crippen molar-refractivity contribution in [3.8, 4) is 0 Å². The average Bonchev–Trinajstić information content (AvgIpc) is 2.61. The van der Waals surface area contributed by atoms with E-state index in [1.165, 1.54) is 0 Å². The topological polar surface area (TPSA) is 66.4 Å². The second-order valence-corrected chi connectivity index (χ2v) is 3.62. The van der Waals surface area contributed by atoms with Gasteiger partial charge in [0.05, 0.1) is 0 Å². The highest BCUT2D eigenvalue weighted by atomic mass is 16.2. The standard InChI is InChI=1S/C11H14N4O/c1-3-12-11-14-9(10(16)15-11)8-5-4-7(2)13-6-8/h4-6,9H,3H2,1-2H3,(H2,12,14,15,16). The fourth-order valence-corrected chi connectivity index (χ4v) is 1.56. The first-order valence-corrected chi connectivity index (χ1v) is 5.25. The van der Waals surface area contributed by atoms with Crippen molar-refractivity contribution in [2.45, 2.75) is 19.9 Å². The van der Waals surface area contributed by atoms with Crippen molar-refractivity contribution >= 4 is 11.9 Å². The van der Waals surface area contributed by atoms with Crippen LogP contribution in [-0.4, -0.2) is 23.4 Å². The van der Waals surface area contributed by atoms with Gasteiger partial charge in [-0.05, 0) is 19.9 Å². The zero-order chi connectivity index (χ0) is 11.5. The number of amides is 1. The molecule has 0 aliphatic carbocycles. The third-order valence-corrected chi connectivity index (χ3v) is 2.37. The lowest BCUT2D eigenvalue weighted by atomic mass is 10.1. The van der Waals surface area contributed by atoms with Crippen LogP contribution >= 0.6 is 0 Å². The minimum Gasteiger partial charge on any atom is -0.340 e. The van der Waals surface area contributed by atoms with Gasteiger partial charge in [0.2, 0.25) is 0 Å². The molecule has 0 radical (unpaired) electrons. The van der Waals surface area contributed by atoms with Crippen molar-refractivity contribution in [1.82, 2.24) is 15.6 Å². The Morgan fingerprint density at radius 3 is 2.94 bits per heavy atom. The molecule has 1 amide bonds. The van der Waals surface area contributed by atoms with Crippen molar-refractivity contribution in [2.24, 2.45) is 4.99 Å². The third kappa shape index (κ3) is 2.03. The van der Waals surface area contributed by atoms with Crippen molar-refractivity contribution in [3.05, 3.63) is 29.6 Å². The molecular formula is C11H14N4O. The number of rotatable bonds is 2. The fraction of sp³-hybridized carbons (Fsp3) is 0.364. The number of hydrogen-bond acceptors (Lipinski definition) is 3. The van der Waals surface area contributed by atoms with E-state index in [-0.39, 0.29) is 11.9 Å². The quantitative estimate of drug-likeness (QED) is 0.760. The van der Waals surface area contributed by atoms with E-state index in [9.17, 15) is 4.79 Å². The Bertz CT molecular complexity index is 424. The van der Waals surface area contributed by atoms with Crippen molar-refractivity contribution in [2.75, 3.05) is 6.54 Å². The van der Waals surface area contributed by atoms with Gasteiger partial charge in [0.1, 0.15) is 6.04 Å². The molecule has 0 saturated carbocycles. The van der Waals surface area contributed by atoms with E-state index in [2.05, 4.69) is 20.6 Å². The number of carbonyl (C=O) groups excluding carboxylic acids is 1. The van der Waals surface area contributed by atoms with Gasteiger partial charge in [-0.2, -0.15) is 0 Å². The normalized spacial score (nSPS) is 22.0. The lowest BCUT2D eigenvalue weighted by Crippen LogP contribution is -2.25. The summed E-state index contributed by atoms with van der Waals surface area (Å²) < 4.78 is 0. The summed E-state index contributed by atoms with van der Waals surface area (Å²) in [6.07, 6.45) is 1.71. The smallest absolute Gasteiger partial charge is 0.253 e. The third-order valence-electron chi connectivity index (χ3n) is 2.37. The molecule has 0 bridgehead atoms.